The van der Waals surface area contributed by atoms with E-state index in [-0.39, 0.29) is 0 Å². The zero-order chi connectivity index (χ0) is 13.5. The van der Waals surface area contributed by atoms with Crippen LogP contribution >= 0.6 is 0 Å². The van der Waals surface area contributed by atoms with E-state index in [1.807, 2.05) is 12.1 Å². The summed E-state index contributed by atoms with van der Waals surface area (Å²) in [5.41, 5.74) is 8.79. The lowest BCUT2D eigenvalue weighted by molar-refractivity contribution is 0.426. The van der Waals surface area contributed by atoms with Crippen LogP contribution in [-0.2, 0) is 6.42 Å². The van der Waals surface area contributed by atoms with Gasteiger partial charge in [-0.3, -0.25) is 4.98 Å². The fourth-order valence-corrected chi connectivity index (χ4v) is 2.23. The molecule has 0 atom stereocenters. The molecule has 2 heterocycles. The quantitative estimate of drug-likeness (QED) is 0.767. The van der Waals surface area contributed by atoms with Crippen LogP contribution in [0.15, 0.2) is 29.0 Å². The summed E-state index contributed by atoms with van der Waals surface area (Å²) in [6, 6.07) is 3.87. The largest absolute Gasteiger partial charge is 0.367 e. The lowest BCUT2D eigenvalue weighted by Crippen LogP contribution is -1.92. The number of pyridine rings is 1. The van der Waals surface area contributed by atoms with E-state index >= 15 is 0 Å². The Bertz CT molecular complexity index is 493. The first-order chi connectivity index (χ1) is 9.33. The molecule has 19 heavy (non-hydrogen) atoms. The van der Waals surface area contributed by atoms with Crippen LogP contribution < -0.4 is 5.73 Å². The number of nitrogens with zero attached hydrogens (tertiary/aromatic N) is 2. The first kappa shape index (κ1) is 13.6. The highest BCUT2D eigenvalue weighted by Crippen LogP contribution is 2.30. The summed E-state index contributed by atoms with van der Waals surface area (Å²) < 4.78 is 5.14. The summed E-state index contributed by atoms with van der Waals surface area (Å²) in [6.07, 6.45) is 10.6. The Kier molecular flexibility index (Phi) is 4.95. The van der Waals surface area contributed by atoms with Gasteiger partial charge in [0, 0.05) is 12.4 Å². The minimum atomic E-state index is 0.398. The highest BCUT2D eigenvalue weighted by Gasteiger charge is 2.14. The molecule has 0 aromatic carbocycles. The average molecular weight is 259 g/mol. The second-order valence-corrected chi connectivity index (χ2v) is 4.77. The van der Waals surface area contributed by atoms with Gasteiger partial charge in [0.25, 0.3) is 0 Å². The molecule has 0 saturated heterocycles. The van der Waals surface area contributed by atoms with Crippen molar-refractivity contribution < 1.29 is 4.52 Å². The van der Waals surface area contributed by atoms with Crippen molar-refractivity contribution >= 4 is 5.88 Å². The zero-order valence-corrected chi connectivity index (χ0v) is 11.4. The van der Waals surface area contributed by atoms with Gasteiger partial charge in [-0.2, -0.15) is 0 Å². The fraction of sp³-hybridized carbons (Fsp3) is 0.467. The zero-order valence-electron chi connectivity index (χ0n) is 11.4. The minimum absolute atomic E-state index is 0.398. The molecule has 0 radical (unpaired) electrons. The monoisotopic (exact) mass is 259 g/mol. The third-order valence-corrected chi connectivity index (χ3v) is 3.28. The van der Waals surface area contributed by atoms with Gasteiger partial charge in [0.05, 0.1) is 11.3 Å². The van der Waals surface area contributed by atoms with Crippen LogP contribution in [0.3, 0.4) is 0 Å². The molecule has 4 nitrogen and oxygen atoms in total. The lowest BCUT2D eigenvalue weighted by Gasteiger charge is -2.02. The van der Waals surface area contributed by atoms with E-state index in [1.54, 1.807) is 12.4 Å². The molecule has 2 rings (SSSR count). The molecule has 0 aliphatic heterocycles. The smallest absolute Gasteiger partial charge is 0.230 e. The molecule has 102 valence electrons. The first-order valence-corrected chi connectivity index (χ1v) is 6.97. The Morgan fingerprint density at radius 3 is 2.58 bits per heavy atom. The Balaban J connectivity index is 2.02. The maximum Gasteiger partial charge on any atom is 0.230 e. The van der Waals surface area contributed by atoms with Crippen molar-refractivity contribution in [1.29, 1.82) is 0 Å². The molecule has 0 saturated carbocycles. The highest BCUT2D eigenvalue weighted by molar-refractivity contribution is 5.74. The Morgan fingerprint density at radius 2 is 1.84 bits per heavy atom. The average Bonchev–Trinajstić information content (AvgIpc) is 2.81. The molecule has 0 amide bonds. The molecule has 0 bridgehead atoms. The normalized spacial score (nSPS) is 10.8. The van der Waals surface area contributed by atoms with E-state index in [4.69, 9.17) is 10.3 Å². The van der Waals surface area contributed by atoms with Crippen molar-refractivity contribution in [2.24, 2.45) is 0 Å². The molecular weight excluding hydrogens is 238 g/mol. The number of anilines is 1. The van der Waals surface area contributed by atoms with Crippen LogP contribution in [0, 0.1) is 0 Å². The van der Waals surface area contributed by atoms with Crippen LogP contribution in [-0.4, -0.2) is 10.1 Å². The number of unbranched alkanes of at least 4 members (excludes halogenated alkanes) is 4. The van der Waals surface area contributed by atoms with Crippen molar-refractivity contribution in [3.05, 3.63) is 30.2 Å². The van der Waals surface area contributed by atoms with E-state index in [2.05, 4.69) is 17.1 Å². The van der Waals surface area contributed by atoms with Gasteiger partial charge in [-0.05, 0) is 30.5 Å². The number of nitrogen functional groups attached to an aromatic ring is 1. The third-order valence-electron chi connectivity index (χ3n) is 3.28. The van der Waals surface area contributed by atoms with Gasteiger partial charge >= 0.3 is 0 Å². The molecule has 2 aromatic heterocycles. The van der Waals surface area contributed by atoms with Gasteiger partial charge in [-0.15, -0.1) is 0 Å². The minimum Gasteiger partial charge on any atom is -0.367 e. The fourth-order valence-electron chi connectivity index (χ4n) is 2.23. The molecular formula is C15H21N3O. The van der Waals surface area contributed by atoms with Crippen molar-refractivity contribution in [2.75, 3.05) is 5.73 Å². The third kappa shape index (κ3) is 3.56. The Hall–Kier alpha value is -1.84. The summed E-state index contributed by atoms with van der Waals surface area (Å²) >= 11 is 0. The van der Waals surface area contributed by atoms with Crippen molar-refractivity contribution in [3.8, 4) is 11.1 Å². The molecule has 4 heteroatoms. The number of rotatable bonds is 7. The summed E-state index contributed by atoms with van der Waals surface area (Å²) in [5, 5.41) is 4.09. The summed E-state index contributed by atoms with van der Waals surface area (Å²) in [4.78, 5) is 4.02. The van der Waals surface area contributed by atoms with Crippen LogP contribution in [0.1, 0.15) is 44.7 Å². The SMILES string of the molecule is CCCCCCCc1noc(N)c1-c1ccncc1. The molecule has 0 spiro atoms. The predicted octanol–water partition coefficient (Wildman–Crippen LogP) is 3.83. The van der Waals surface area contributed by atoms with Gasteiger partial charge < -0.3 is 10.3 Å². The number of nitrogens with two attached hydrogens (primary N) is 1. The number of aromatic nitrogens is 2. The van der Waals surface area contributed by atoms with E-state index in [1.165, 1.54) is 25.7 Å². The summed E-state index contributed by atoms with van der Waals surface area (Å²) in [5.74, 6) is 0.398. The molecule has 2 aromatic rings. The van der Waals surface area contributed by atoms with Crippen molar-refractivity contribution in [2.45, 2.75) is 45.4 Å². The van der Waals surface area contributed by atoms with Gasteiger partial charge in [-0.1, -0.05) is 37.8 Å². The molecule has 0 fully saturated rings. The van der Waals surface area contributed by atoms with Crippen LogP contribution in [0.4, 0.5) is 5.88 Å². The van der Waals surface area contributed by atoms with Gasteiger partial charge in [0.2, 0.25) is 5.88 Å². The van der Waals surface area contributed by atoms with Crippen LogP contribution in [0.5, 0.6) is 0 Å². The van der Waals surface area contributed by atoms with Crippen molar-refractivity contribution in [1.82, 2.24) is 10.1 Å². The van der Waals surface area contributed by atoms with E-state index < -0.39 is 0 Å². The van der Waals surface area contributed by atoms with E-state index in [0.717, 1.165) is 29.7 Å². The van der Waals surface area contributed by atoms with Crippen LogP contribution in [0.2, 0.25) is 0 Å². The van der Waals surface area contributed by atoms with Crippen LogP contribution in [0.25, 0.3) is 11.1 Å². The maximum absolute atomic E-state index is 5.88. The molecule has 0 aliphatic rings. The predicted molar refractivity (Wildman–Crippen MR) is 76.6 cm³/mol. The van der Waals surface area contributed by atoms with Crippen molar-refractivity contribution in [3.63, 3.8) is 0 Å². The van der Waals surface area contributed by atoms with E-state index in [0.29, 0.717) is 5.88 Å². The summed E-state index contributed by atoms with van der Waals surface area (Å²) in [6.45, 7) is 2.22. The number of hydrogen-bond acceptors (Lipinski definition) is 4. The first-order valence-electron chi connectivity index (χ1n) is 6.97. The van der Waals surface area contributed by atoms with Gasteiger partial charge in [0.1, 0.15) is 0 Å². The topological polar surface area (TPSA) is 64.9 Å². The van der Waals surface area contributed by atoms with Gasteiger partial charge in [-0.25, -0.2) is 0 Å². The summed E-state index contributed by atoms with van der Waals surface area (Å²) in [7, 11) is 0. The standard InChI is InChI=1S/C15H21N3O/c1-2-3-4-5-6-7-13-14(15(16)19-18-13)12-8-10-17-11-9-12/h8-11H,2-7,16H2,1H3. The Labute approximate surface area is 114 Å². The van der Waals surface area contributed by atoms with E-state index in [9.17, 15) is 0 Å². The molecule has 2 N–H and O–H groups in total. The second-order valence-electron chi connectivity index (χ2n) is 4.77. The molecule has 0 unspecified atom stereocenters. The lowest BCUT2D eigenvalue weighted by atomic mass is 10.0. The highest BCUT2D eigenvalue weighted by atomic mass is 16.5. The molecule has 0 aliphatic carbocycles. The van der Waals surface area contributed by atoms with Gasteiger partial charge in [0.15, 0.2) is 0 Å². The second kappa shape index (κ2) is 6.92. The number of hydrogen-bond donors (Lipinski definition) is 1. The maximum atomic E-state index is 5.88. The number of aryl methyl sites for hydroxylation is 1. The Morgan fingerprint density at radius 1 is 1.11 bits per heavy atom.